The Morgan fingerprint density at radius 2 is 1.30 bits per heavy atom. The number of rotatable bonds is 6. The van der Waals surface area contributed by atoms with Crippen LogP contribution in [-0.4, -0.2) is 18.4 Å². The highest BCUT2D eigenvalue weighted by Gasteiger charge is 2.43. The van der Waals surface area contributed by atoms with E-state index in [2.05, 4.69) is 143 Å². The molecular formula is C41H31BN4. The summed E-state index contributed by atoms with van der Waals surface area (Å²) in [7, 11) is 0. The maximum atomic E-state index is 4.83. The molecule has 0 spiro atoms. The van der Waals surface area contributed by atoms with Gasteiger partial charge in [0.1, 0.15) is 0 Å². The Morgan fingerprint density at radius 3 is 2.00 bits per heavy atom. The topological polar surface area (TPSA) is 31.7 Å². The van der Waals surface area contributed by atoms with Gasteiger partial charge in [-0.1, -0.05) is 97.1 Å². The van der Waals surface area contributed by atoms with E-state index in [0.717, 1.165) is 45.3 Å². The van der Waals surface area contributed by atoms with Gasteiger partial charge in [-0.25, -0.2) is 0 Å². The zero-order valence-electron chi connectivity index (χ0n) is 25.6. The zero-order valence-corrected chi connectivity index (χ0v) is 25.6. The molecule has 0 amide bonds. The van der Waals surface area contributed by atoms with E-state index in [1.165, 1.54) is 27.8 Å². The SMILES string of the molecule is C=N/C(=C\C=C/C)c1cccc(-c2ccccn2)c1N1c2ccccc2B2c3ccccc3N(c3ccccc3)c3cccc1c32. The summed E-state index contributed by atoms with van der Waals surface area (Å²) in [6, 6.07) is 47.5. The third-order valence-electron chi connectivity index (χ3n) is 8.92. The van der Waals surface area contributed by atoms with Crippen molar-refractivity contribution in [2.45, 2.75) is 6.92 Å². The number of anilines is 6. The molecule has 6 aromatic rings. The highest BCUT2D eigenvalue weighted by Crippen LogP contribution is 2.48. The van der Waals surface area contributed by atoms with E-state index in [1.807, 2.05) is 43.5 Å². The minimum atomic E-state index is 0.0656. The molecule has 0 unspecified atom stereocenters. The molecule has 0 saturated carbocycles. The van der Waals surface area contributed by atoms with Crippen LogP contribution in [0.25, 0.3) is 17.0 Å². The number of aliphatic imine (C=N–C) groups is 1. The normalized spacial score (nSPS) is 13.3. The quantitative estimate of drug-likeness (QED) is 0.111. The molecule has 0 fully saturated rings. The van der Waals surface area contributed by atoms with Crippen molar-refractivity contribution in [1.82, 2.24) is 4.98 Å². The second-order valence-electron chi connectivity index (χ2n) is 11.4. The average molecular weight is 591 g/mol. The van der Waals surface area contributed by atoms with Gasteiger partial charge in [0.25, 0.3) is 6.71 Å². The van der Waals surface area contributed by atoms with Crippen molar-refractivity contribution in [3.63, 3.8) is 0 Å². The lowest BCUT2D eigenvalue weighted by Crippen LogP contribution is -2.61. The number of allylic oxidation sites excluding steroid dienone is 3. The number of benzene rings is 5. The van der Waals surface area contributed by atoms with Crippen LogP contribution in [0.1, 0.15) is 12.5 Å². The summed E-state index contributed by atoms with van der Waals surface area (Å²) in [4.78, 5) is 14.2. The summed E-state index contributed by atoms with van der Waals surface area (Å²) < 4.78 is 0. The van der Waals surface area contributed by atoms with E-state index >= 15 is 0 Å². The van der Waals surface area contributed by atoms with Gasteiger partial charge in [0, 0.05) is 45.8 Å². The second-order valence-corrected chi connectivity index (χ2v) is 11.4. The average Bonchev–Trinajstić information content (AvgIpc) is 3.12. The third kappa shape index (κ3) is 4.32. The summed E-state index contributed by atoms with van der Waals surface area (Å²) in [6.07, 6.45) is 7.91. The molecule has 0 saturated heterocycles. The number of para-hydroxylation sites is 4. The van der Waals surface area contributed by atoms with Crippen molar-refractivity contribution in [3.8, 4) is 11.3 Å². The summed E-state index contributed by atoms with van der Waals surface area (Å²) in [5, 5.41) is 0. The molecule has 46 heavy (non-hydrogen) atoms. The number of hydrogen-bond acceptors (Lipinski definition) is 4. The van der Waals surface area contributed by atoms with E-state index in [0.29, 0.717) is 0 Å². The van der Waals surface area contributed by atoms with E-state index in [4.69, 9.17) is 4.98 Å². The molecule has 0 aliphatic carbocycles. The van der Waals surface area contributed by atoms with Gasteiger partial charge >= 0.3 is 0 Å². The van der Waals surface area contributed by atoms with Crippen LogP contribution in [0, 0.1) is 0 Å². The first-order valence-electron chi connectivity index (χ1n) is 15.6. The van der Waals surface area contributed by atoms with Gasteiger partial charge in [-0.3, -0.25) is 9.98 Å². The van der Waals surface area contributed by atoms with Crippen LogP contribution < -0.4 is 26.2 Å². The molecule has 2 aliphatic rings. The standard InChI is InChI=1S/C41H31BN4/c1-3-4-22-34(43-2)30-18-14-19-31(35-23-12-13-28-44-35)41(30)46-37-25-11-9-21-33(37)42-32-20-8-10-24-36(32)45(29-16-6-5-7-17-29)38-26-15-27-39(46)40(38)42/h3-28H,2H2,1H3/b4-3-,34-22-. The summed E-state index contributed by atoms with van der Waals surface area (Å²) in [5.74, 6) is 0. The lowest BCUT2D eigenvalue weighted by atomic mass is 9.33. The number of hydrogen-bond donors (Lipinski definition) is 0. The Bertz CT molecular complexity index is 2150. The predicted octanol–water partition coefficient (Wildman–Crippen LogP) is 8.45. The molecule has 3 heterocycles. The predicted molar refractivity (Wildman–Crippen MR) is 196 cm³/mol. The minimum absolute atomic E-state index is 0.0656. The Morgan fingerprint density at radius 1 is 0.674 bits per heavy atom. The van der Waals surface area contributed by atoms with E-state index in [1.54, 1.807) is 0 Å². The van der Waals surface area contributed by atoms with E-state index in [-0.39, 0.29) is 6.71 Å². The molecule has 2 aliphatic heterocycles. The van der Waals surface area contributed by atoms with Crippen molar-refractivity contribution in [3.05, 3.63) is 163 Å². The molecule has 8 rings (SSSR count). The first-order chi connectivity index (χ1) is 22.8. The van der Waals surface area contributed by atoms with Crippen LogP contribution >= 0.6 is 0 Å². The fourth-order valence-corrected chi connectivity index (χ4v) is 7.07. The van der Waals surface area contributed by atoms with Gasteiger partial charge in [0.15, 0.2) is 0 Å². The van der Waals surface area contributed by atoms with Gasteiger partial charge < -0.3 is 9.80 Å². The van der Waals surface area contributed by atoms with Crippen molar-refractivity contribution in [2.75, 3.05) is 9.80 Å². The Kier molecular flexibility index (Phi) is 6.92. The Hall–Kier alpha value is -5.94. The molecule has 5 aromatic carbocycles. The van der Waals surface area contributed by atoms with Crippen molar-refractivity contribution in [1.29, 1.82) is 0 Å². The van der Waals surface area contributed by atoms with Crippen LogP contribution in [0.5, 0.6) is 0 Å². The molecular weight excluding hydrogens is 559 g/mol. The van der Waals surface area contributed by atoms with Crippen LogP contribution in [-0.2, 0) is 0 Å². The van der Waals surface area contributed by atoms with Gasteiger partial charge in [0.2, 0.25) is 0 Å². The summed E-state index contributed by atoms with van der Waals surface area (Å²) >= 11 is 0. The van der Waals surface area contributed by atoms with Gasteiger partial charge in [0.05, 0.1) is 17.1 Å². The van der Waals surface area contributed by atoms with Crippen LogP contribution in [0.15, 0.2) is 163 Å². The summed E-state index contributed by atoms with van der Waals surface area (Å²) in [5.41, 5.74) is 14.3. The fourth-order valence-electron chi connectivity index (χ4n) is 7.07. The molecule has 218 valence electrons. The first kappa shape index (κ1) is 27.6. The lowest BCUT2D eigenvalue weighted by Gasteiger charge is -2.44. The zero-order chi connectivity index (χ0) is 31.0. The smallest absolute Gasteiger partial charge is 0.252 e. The Labute approximate surface area is 270 Å². The third-order valence-corrected chi connectivity index (χ3v) is 8.92. The van der Waals surface area contributed by atoms with E-state index < -0.39 is 0 Å². The Balaban J connectivity index is 1.48. The molecule has 0 bridgehead atoms. The monoisotopic (exact) mass is 590 g/mol. The van der Waals surface area contributed by atoms with Gasteiger partial charge in [-0.2, -0.15) is 0 Å². The molecule has 0 N–H and O–H groups in total. The maximum absolute atomic E-state index is 4.83. The van der Waals surface area contributed by atoms with Crippen molar-refractivity contribution in [2.24, 2.45) is 4.99 Å². The van der Waals surface area contributed by atoms with Crippen molar-refractivity contribution >= 4 is 69.6 Å². The van der Waals surface area contributed by atoms with Crippen LogP contribution in [0.4, 0.5) is 34.1 Å². The highest BCUT2D eigenvalue weighted by molar-refractivity contribution is 7.00. The van der Waals surface area contributed by atoms with Crippen LogP contribution in [0.2, 0.25) is 0 Å². The largest absolute Gasteiger partial charge is 0.311 e. The molecule has 5 heteroatoms. The fraction of sp³-hybridized carbons (Fsp3) is 0.0244. The molecule has 0 radical (unpaired) electrons. The number of fused-ring (bicyclic) bond motifs is 4. The number of nitrogens with zero attached hydrogens (tertiary/aromatic N) is 4. The van der Waals surface area contributed by atoms with Crippen molar-refractivity contribution < 1.29 is 0 Å². The van der Waals surface area contributed by atoms with Gasteiger partial charge in [-0.05, 0) is 84.6 Å². The molecule has 4 nitrogen and oxygen atoms in total. The minimum Gasteiger partial charge on any atom is -0.311 e. The van der Waals surface area contributed by atoms with Crippen LogP contribution in [0.3, 0.4) is 0 Å². The van der Waals surface area contributed by atoms with Gasteiger partial charge in [-0.15, -0.1) is 0 Å². The molecule has 0 atom stereocenters. The highest BCUT2D eigenvalue weighted by atomic mass is 15.2. The number of aromatic nitrogens is 1. The number of pyridine rings is 1. The van der Waals surface area contributed by atoms with E-state index in [9.17, 15) is 0 Å². The second kappa shape index (κ2) is 11.5. The summed E-state index contributed by atoms with van der Waals surface area (Å²) in [6.45, 7) is 6.07. The molecule has 1 aromatic heterocycles. The lowest BCUT2D eigenvalue weighted by molar-refractivity contribution is 1.24. The maximum Gasteiger partial charge on any atom is 0.252 e. The first-order valence-corrected chi connectivity index (χ1v) is 15.6.